The molecule has 4 fully saturated rings. The second-order valence-corrected chi connectivity index (χ2v) is 10.5. The van der Waals surface area contributed by atoms with E-state index in [1.807, 2.05) is 0 Å². The number of ether oxygens (including phenoxy) is 1. The molecule has 0 aromatic rings. The summed E-state index contributed by atoms with van der Waals surface area (Å²) in [5, 5.41) is 8.91. The summed E-state index contributed by atoms with van der Waals surface area (Å²) in [5.74, 6) is 3.51. The van der Waals surface area contributed by atoms with Crippen LogP contribution in [0, 0.1) is 40.4 Å². The van der Waals surface area contributed by atoms with Crippen molar-refractivity contribution in [2.24, 2.45) is 40.4 Å². The summed E-state index contributed by atoms with van der Waals surface area (Å²) in [4.78, 5) is 12.6. The van der Waals surface area contributed by atoms with Gasteiger partial charge >= 0.3 is 5.97 Å². The van der Waals surface area contributed by atoms with Crippen LogP contribution in [0.5, 0.6) is 0 Å². The van der Waals surface area contributed by atoms with E-state index >= 15 is 0 Å². The zero-order valence-corrected chi connectivity index (χ0v) is 16.8. The number of rotatable bonds is 4. The summed E-state index contributed by atoms with van der Waals surface area (Å²) < 4.78 is 5.46. The van der Waals surface area contributed by atoms with Crippen molar-refractivity contribution in [1.29, 1.82) is 0 Å². The summed E-state index contributed by atoms with van der Waals surface area (Å²) in [6, 6.07) is 0. The van der Waals surface area contributed by atoms with Crippen LogP contribution in [-0.4, -0.2) is 24.3 Å². The summed E-state index contributed by atoms with van der Waals surface area (Å²) in [5.41, 5.74) is 0.919. The second-order valence-electron chi connectivity index (χ2n) is 10.5. The highest BCUT2D eigenvalue weighted by molar-refractivity contribution is 5.73. The lowest BCUT2D eigenvalue weighted by Crippen LogP contribution is -2.51. The van der Waals surface area contributed by atoms with E-state index in [0.717, 1.165) is 36.5 Å². The molecule has 0 amide bonds. The van der Waals surface area contributed by atoms with Crippen LogP contribution in [0.1, 0.15) is 84.5 Å². The van der Waals surface area contributed by atoms with Gasteiger partial charge in [-0.25, -0.2) is 0 Å². The van der Waals surface area contributed by atoms with Gasteiger partial charge in [0.05, 0.1) is 12.5 Å². The zero-order chi connectivity index (χ0) is 18.4. The van der Waals surface area contributed by atoms with Gasteiger partial charge in [-0.15, -0.1) is 0 Å². The average Bonchev–Trinajstić information content (AvgIpc) is 2.99. The molecule has 0 aromatic heterocycles. The van der Waals surface area contributed by atoms with Gasteiger partial charge in [0, 0.05) is 13.0 Å². The van der Waals surface area contributed by atoms with Crippen molar-refractivity contribution in [2.75, 3.05) is 13.2 Å². The number of aliphatic hydroxyl groups excluding tert-OH is 1. The number of hydrogen-bond donors (Lipinski definition) is 1. The van der Waals surface area contributed by atoms with Gasteiger partial charge in [-0.2, -0.15) is 0 Å². The molecule has 0 aliphatic heterocycles. The Labute approximate surface area is 159 Å². The highest BCUT2D eigenvalue weighted by atomic mass is 16.5. The van der Waals surface area contributed by atoms with Gasteiger partial charge in [-0.05, 0) is 85.9 Å². The molecule has 7 atom stereocenters. The standard InChI is InChI=1S/C23H38O3/c1-22-11-9-19-18(8-7-17-6-3-4-10-23(17,19)2)20(22)14-16(15-22)21(25)26-13-5-12-24/h16-20,24H,3-15H2,1-2H3/t16-,17?,18-,19+,20+,22-,23+/m1/s1. The molecule has 4 rings (SSSR count). The van der Waals surface area contributed by atoms with Crippen LogP contribution in [0.3, 0.4) is 0 Å². The predicted octanol–water partition coefficient (Wildman–Crippen LogP) is 4.96. The van der Waals surface area contributed by atoms with Crippen LogP contribution in [0.4, 0.5) is 0 Å². The van der Waals surface area contributed by atoms with Crippen molar-refractivity contribution in [2.45, 2.75) is 84.5 Å². The van der Waals surface area contributed by atoms with E-state index in [-0.39, 0.29) is 18.5 Å². The van der Waals surface area contributed by atoms with Crippen LogP contribution < -0.4 is 0 Å². The first-order chi connectivity index (χ1) is 12.5. The minimum absolute atomic E-state index is 0.00295. The molecule has 0 radical (unpaired) electrons. The molecule has 4 aliphatic rings. The van der Waals surface area contributed by atoms with Crippen LogP contribution in [-0.2, 0) is 9.53 Å². The van der Waals surface area contributed by atoms with Gasteiger partial charge in [-0.3, -0.25) is 4.79 Å². The maximum atomic E-state index is 12.6. The van der Waals surface area contributed by atoms with Gasteiger partial charge in [0.25, 0.3) is 0 Å². The van der Waals surface area contributed by atoms with Gasteiger partial charge in [0.15, 0.2) is 0 Å². The van der Waals surface area contributed by atoms with Crippen molar-refractivity contribution in [3.8, 4) is 0 Å². The Morgan fingerprint density at radius 1 is 1.08 bits per heavy atom. The van der Waals surface area contributed by atoms with Crippen molar-refractivity contribution in [3.63, 3.8) is 0 Å². The third-order valence-electron chi connectivity index (χ3n) is 9.23. The van der Waals surface area contributed by atoms with Crippen LogP contribution in [0.25, 0.3) is 0 Å². The Morgan fingerprint density at radius 3 is 2.73 bits per heavy atom. The minimum atomic E-state index is 0.00295. The SMILES string of the molecule is C[C@]12CC[C@H]3[C@@H](CCC4CCCC[C@@]43C)[C@@H]1C[C@@H](C(=O)OCCCO)C2. The molecule has 0 bridgehead atoms. The molecule has 0 aromatic carbocycles. The topological polar surface area (TPSA) is 46.5 Å². The maximum absolute atomic E-state index is 12.6. The summed E-state index contributed by atoms with van der Waals surface area (Å²) in [6.45, 7) is 5.55. The Hall–Kier alpha value is -0.570. The number of carbonyl (C=O) groups is 1. The van der Waals surface area contributed by atoms with Crippen LogP contribution in [0.15, 0.2) is 0 Å². The van der Waals surface area contributed by atoms with E-state index in [2.05, 4.69) is 13.8 Å². The largest absolute Gasteiger partial charge is 0.465 e. The lowest BCUT2D eigenvalue weighted by atomic mass is 9.45. The van der Waals surface area contributed by atoms with E-state index < -0.39 is 0 Å². The van der Waals surface area contributed by atoms with Crippen LogP contribution >= 0.6 is 0 Å². The highest BCUT2D eigenvalue weighted by Crippen LogP contribution is 2.67. The Morgan fingerprint density at radius 2 is 1.92 bits per heavy atom. The molecular weight excluding hydrogens is 324 g/mol. The molecule has 26 heavy (non-hydrogen) atoms. The smallest absolute Gasteiger partial charge is 0.308 e. The van der Waals surface area contributed by atoms with Crippen molar-refractivity contribution in [1.82, 2.24) is 0 Å². The monoisotopic (exact) mass is 362 g/mol. The van der Waals surface area contributed by atoms with Crippen molar-refractivity contribution >= 4 is 5.97 Å². The first-order valence-corrected chi connectivity index (χ1v) is 11.3. The Balaban J connectivity index is 1.48. The molecule has 1 unspecified atom stereocenters. The quantitative estimate of drug-likeness (QED) is 0.568. The molecule has 0 heterocycles. The van der Waals surface area contributed by atoms with Crippen molar-refractivity contribution in [3.05, 3.63) is 0 Å². The molecule has 4 saturated carbocycles. The molecule has 3 nitrogen and oxygen atoms in total. The lowest BCUT2D eigenvalue weighted by molar-refractivity contribution is -0.148. The molecule has 148 valence electrons. The third kappa shape index (κ3) is 3.02. The number of esters is 1. The van der Waals surface area contributed by atoms with Crippen molar-refractivity contribution < 1.29 is 14.6 Å². The predicted molar refractivity (Wildman–Crippen MR) is 102 cm³/mol. The fourth-order valence-electron chi connectivity index (χ4n) is 7.89. The normalized spacial score (nSPS) is 47.6. The number of aliphatic hydroxyl groups is 1. The van der Waals surface area contributed by atoms with Gasteiger partial charge in [0.2, 0.25) is 0 Å². The minimum Gasteiger partial charge on any atom is -0.465 e. The number of carbonyl (C=O) groups excluding carboxylic acids is 1. The zero-order valence-electron chi connectivity index (χ0n) is 16.8. The summed E-state index contributed by atoms with van der Waals surface area (Å²) >= 11 is 0. The van der Waals surface area contributed by atoms with Gasteiger partial charge in [-0.1, -0.05) is 26.7 Å². The van der Waals surface area contributed by atoms with E-state index in [4.69, 9.17) is 9.84 Å². The molecule has 0 spiro atoms. The van der Waals surface area contributed by atoms with Gasteiger partial charge in [0.1, 0.15) is 0 Å². The molecule has 3 heteroatoms. The average molecular weight is 363 g/mol. The fraction of sp³-hybridized carbons (Fsp3) is 0.957. The van der Waals surface area contributed by atoms with E-state index in [1.54, 1.807) is 0 Å². The third-order valence-corrected chi connectivity index (χ3v) is 9.23. The van der Waals surface area contributed by atoms with Crippen LogP contribution in [0.2, 0.25) is 0 Å². The Bertz CT molecular complexity index is 532. The second kappa shape index (κ2) is 7.11. The van der Waals surface area contributed by atoms with E-state index in [1.165, 1.54) is 51.4 Å². The molecule has 1 N–H and O–H groups in total. The van der Waals surface area contributed by atoms with E-state index in [9.17, 15) is 4.79 Å². The fourth-order valence-corrected chi connectivity index (χ4v) is 7.89. The number of fused-ring (bicyclic) bond motifs is 5. The highest BCUT2D eigenvalue weighted by Gasteiger charge is 2.59. The lowest BCUT2D eigenvalue weighted by Gasteiger charge is -2.60. The number of hydrogen-bond acceptors (Lipinski definition) is 3. The Kier molecular flexibility index (Phi) is 5.14. The van der Waals surface area contributed by atoms with E-state index in [0.29, 0.717) is 23.9 Å². The van der Waals surface area contributed by atoms with Gasteiger partial charge < -0.3 is 9.84 Å². The molecular formula is C23H38O3. The summed E-state index contributed by atoms with van der Waals surface area (Å²) in [7, 11) is 0. The molecule has 4 aliphatic carbocycles. The first-order valence-electron chi connectivity index (χ1n) is 11.3. The summed E-state index contributed by atoms with van der Waals surface area (Å²) in [6.07, 6.45) is 13.9. The maximum Gasteiger partial charge on any atom is 0.308 e. The first kappa shape index (κ1) is 18.8. The molecule has 0 saturated heterocycles.